The number of nitrogens with one attached hydrogen (secondary N) is 3. The van der Waals surface area contributed by atoms with E-state index in [0.717, 1.165) is 0 Å². The molecule has 3 aromatic rings. The Kier molecular flexibility index (Phi) is 6.73. The van der Waals surface area contributed by atoms with Crippen LogP contribution >= 0.6 is 12.2 Å². The molecule has 0 saturated carbocycles. The molecule has 2 aromatic carbocycles. The second kappa shape index (κ2) is 9.89. The molecule has 1 saturated heterocycles. The summed E-state index contributed by atoms with van der Waals surface area (Å²) in [6, 6.07) is 14.5. The van der Waals surface area contributed by atoms with Gasteiger partial charge in [-0.2, -0.15) is 0 Å². The fourth-order valence-corrected chi connectivity index (χ4v) is 4.14. The van der Waals surface area contributed by atoms with E-state index in [-0.39, 0.29) is 35.6 Å². The molecule has 0 spiro atoms. The van der Waals surface area contributed by atoms with Crippen LogP contribution in [-0.2, 0) is 28.0 Å². The first-order chi connectivity index (χ1) is 16.7. The summed E-state index contributed by atoms with van der Waals surface area (Å²) in [5.74, 6) is -0.992. The van der Waals surface area contributed by atoms with Crippen LogP contribution in [0.25, 0.3) is 0 Å². The Morgan fingerprint density at radius 1 is 1.06 bits per heavy atom. The minimum Gasteiger partial charge on any atom is -0.326 e. The number of anilines is 3. The number of thiocarbonyl (C=S) groups is 1. The Bertz CT molecular complexity index is 1330. The summed E-state index contributed by atoms with van der Waals surface area (Å²) in [7, 11) is 1.60. The second-order valence-corrected chi connectivity index (χ2v) is 8.30. The van der Waals surface area contributed by atoms with Gasteiger partial charge >= 0.3 is 11.3 Å². The Morgan fingerprint density at radius 3 is 2.26 bits per heavy atom. The number of para-hydroxylation sites is 1. The van der Waals surface area contributed by atoms with E-state index in [2.05, 4.69) is 15.9 Å². The van der Waals surface area contributed by atoms with E-state index in [1.54, 1.807) is 60.5 Å². The van der Waals surface area contributed by atoms with Gasteiger partial charge in [0.1, 0.15) is 12.6 Å². The topological polar surface area (TPSA) is 132 Å². The highest BCUT2D eigenvalue weighted by atomic mass is 32.1. The van der Waals surface area contributed by atoms with Crippen molar-refractivity contribution >= 4 is 52.1 Å². The molecule has 4 rings (SSSR count). The lowest BCUT2D eigenvalue weighted by molar-refractivity contribution is -0.746. The van der Waals surface area contributed by atoms with Gasteiger partial charge in [-0.25, -0.2) is 4.79 Å². The summed E-state index contributed by atoms with van der Waals surface area (Å²) < 4.78 is 6.21. The lowest BCUT2D eigenvalue weighted by Crippen LogP contribution is -2.44. The molecule has 1 aliphatic heterocycles. The third kappa shape index (κ3) is 5.11. The van der Waals surface area contributed by atoms with Crippen LogP contribution in [0.5, 0.6) is 0 Å². The molecule has 1 aromatic heterocycles. The van der Waals surface area contributed by atoms with Crippen LogP contribution in [0.1, 0.15) is 19.0 Å². The molecule has 0 aliphatic carbocycles. The number of nitrogens with zero attached hydrogens (tertiary/aromatic N) is 3. The van der Waals surface area contributed by atoms with Crippen LogP contribution in [-0.4, -0.2) is 39.0 Å². The summed E-state index contributed by atoms with van der Waals surface area (Å²) >= 11 is 5.60. The quantitative estimate of drug-likeness (QED) is 0.332. The van der Waals surface area contributed by atoms with E-state index in [4.69, 9.17) is 16.7 Å². The smallest absolute Gasteiger partial charge is 0.326 e. The fraction of sp³-hybridized carbons (Fsp3) is 0.217. The second-order valence-electron chi connectivity index (χ2n) is 7.93. The van der Waals surface area contributed by atoms with Crippen molar-refractivity contribution < 1.29 is 23.6 Å². The van der Waals surface area contributed by atoms with Crippen LogP contribution in [0.4, 0.5) is 17.1 Å². The van der Waals surface area contributed by atoms with Gasteiger partial charge in [-0.3, -0.25) is 23.8 Å². The molecule has 12 heteroatoms. The van der Waals surface area contributed by atoms with Crippen molar-refractivity contribution in [3.05, 3.63) is 70.7 Å². The lowest BCUT2D eigenvalue weighted by atomic mass is 10.1. The predicted molar refractivity (Wildman–Crippen MR) is 130 cm³/mol. The summed E-state index contributed by atoms with van der Waals surface area (Å²) in [6.45, 7) is 1.38. The monoisotopic (exact) mass is 495 g/mol. The summed E-state index contributed by atoms with van der Waals surface area (Å²) in [5.41, 5.74) is 1.31. The van der Waals surface area contributed by atoms with Crippen LogP contribution in [0.3, 0.4) is 0 Å². The lowest BCUT2D eigenvalue weighted by Gasteiger charge is -2.21. The van der Waals surface area contributed by atoms with Gasteiger partial charge in [0, 0.05) is 18.3 Å². The van der Waals surface area contributed by atoms with E-state index in [1.807, 2.05) is 6.07 Å². The standard InChI is InChI=1S/C23H22N6O5S/c1-14(30)24-15-8-10-16(11-9-15)25-20(31)12-18-21(32)29(17-6-4-3-5-7-17)23(35)28(18)13-19-22(33)34-26-27(19)2/h3-11,18,26,33H,12-13H2,1-2H3/p+1. The van der Waals surface area contributed by atoms with Gasteiger partial charge in [0.15, 0.2) is 12.2 Å². The number of carbonyl (C=O) groups excluding carboxylic acids is 3. The summed E-state index contributed by atoms with van der Waals surface area (Å²) in [5, 5.41) is 8.03. The molecule has 1 fully saturated rings. The molecule has 11 nitrogen and oxygen atoms in total. The molecule has 0 radical (unpaired) electrons. The SMILES string of the molecule is CC(=O)Nc1ccc(NC(=O)CC2C(=O)N(c3ccccc3)C(=S)N2Cc2c(=O)o[nH][n+]2C)cc1. The van der Waals surface area contributed by atoms with Gasteiger partial charge in [-0.1, -0.05) is 22.9 Å². The Balaban J connectivity index is 1.56. The highest BCUT2D eigenvalue weighted by Gasteiger charge is 2.45. The minimum absolute atomic E-state index is 0.0282. The fourth-order valence-electron chi connectivity index (χ4n) is 3.75. The van der Waals surface area contributed by atoms with E-state index in [9.17, 15) is 19.2 Å². The van der Waals surface area contributed by atoms with Crippen molar-refractivity contribution in [3.8, 4) is 0 Å². The van der Waals surface area contributed by atoms with E-state index >= 15 is 0 Å². The molecule has 0 bridgehead atoms. The zero-order valence-corrected chi connectivity index (χ0v) is 19.8. The Labute approximate surface area is 205 Å². The molecule has 1 atom stereocenters. The maximum Gasteiger partial charge on any atom is 0.431 e. The minimum atomic E-state index is -0.935. The van der Waals surface area contributed by atoms with Gasteiger partial charge in [-0.05, 0) is 53.9 Å². The number of aryl methyl sites for hydroxylation is 1. The highest BCUT2D eigenvalue weighted by molar-refractivity contribution is 7.80. The number of amides is 3. The number of hydrogen-bond acceptors (Lipinski definition) is 6. The molecular weight excluding hydrogens is 472 g/mol. The average Bonchev–Trinajstić information content (AvgIpc) is 3.26. The zero-order chi connectivity index (χ0) is 25.1. The van der Waals surface area contributed by atoms with Gasteiger partial charge < -0.3 is 15.5 Å². The van der Waals surface area contributed by atoms with Crippen molar-refractivity contribution in [1.29, 1.82) is 0 Å². The maximum absolute atomic E-state index is 13.4. The predicted octanol–water partition coefficient (Wildman–Crippen LogP) is 1.28. The van der Waals surface area contributed by atoms with E-state index in [1.165, 1.54) is 16.5 Å². The number of rotatable bonds is 7. The van der Waals surface area contributed by atoms with Crippen LogP contribution in [0.15, 0.2) is 63.9 Å². The third-order valence-corrected chi connectivity index (χ3v) is 5.85. The largest absolute Gasteiger partial charge is 0.431 e. The van der Waals surface area contributed by atoms with Crippen molar-refractivity contribution in [2.45, 2.75) is 25.9 Å². The van der Waals surface area contributed by atoms with Crippen LogP contribution < -0.4 is 25.8 Å². The molecule has 1 unspecified atom stereocenters. The Morgan fingerprint density at radius 2 is 1.69 bits per heavy atom. The number of carbonyl (C=O) groups is 3. The van der Waals surface area contributed by atoms with Gasteiger partial charge in [0.2, 0.25) is 11.8 Å². The maximum atomic E-state index is 13.4. The van der Waals surface area contributed by atoms with E-state index < -0.39 is 17.6 Å². The van der Waals surface area contributed by atoms with Gasteiger partial charge in [0.05, 0.1) is 12.1 Å². The molecule has 35 heavy (non-hydrogen) atoms. The number of aromatic amines is 1. The van der Waals surface area contributed by atoms with E-state index in [0.29, 0.717) is 17.1 Å². The van der Waals surface area contributed by atoms with Crippen molar-refractivity contribution in [1.82, 2.24) is 10.2 Å². The third-order valence-electron chi connectivity index (χ3n) is 5.44. The van der Waals surface area contributed by atoms with Crippen molar-refractivity contribution in [2.24, 2.45) is 7.05 Å². The normalized spacial score (nSPS) is 15.4. The molecule has 3 amide bonds. The van der Waals surface area contributed by atoms with Crippen molar-refractivity contribution in [2.75, 3.05) is 15.5 Å². The molecule has 1 aliphatic rings. The number of H-pyrrole nitrogens is 1. The Hall–Kier alpha value is -4.32. The first kappa shape index (κ1) is 23.8. The number of benzene rings is 2. The van der Waals surface area contributed by atoms with Gasteiger partial charge in [0.25, 0.3) is 5.91 Å². The number of aromatic nitrogens is 2. The first-order valence-electron chi connectivity index (χ1n) is 10.7. The highest BCUT2D eigenvalue weighted by Crippen LogP contribution is 2.28. The summed E-state index contributed by atoms with van der Waals surface area (Å²) in [4.78, 5) is 52.5. The first-order valence-corrected chi connectivity index (χ1v) is 11.1. The average molecular weight is 496 g/mol. The van der Waals surface area contributed by atoms with Gasteiger partial charge in [-0.15, -0.1) is 0 Å². The molecule has 180 valence electrons. The molecular formula is C23H23N6O5S+. The van der Waals surface area contributed by atoms with Crippen molar-refractivity contribution in [3.63, 3.8) is 0 Å². The zero-order valence-electron chi connectivity index (χ0n) is 19.0. The summed E-state index contributed by atoms with van der Waals surface area (Å²) in [6.07, 6.45) is -0.199. The van der Waals surface area contributed by atoms with Crippen LogP contribution in [0.2, 0.25) is 0 Å². The molecule has 2 heterocycles. The number of hydrogen-bond donors (Lipinski definition) is 3. The van der Waals surface area contributed by atoms with Crippen LogP contribution in [0, 0.1) is 0 Å². The molecule has 3 N–H and O–H groups in total.